The molecule has 0 spiro atoms. The highest BCUT2D eigenvalue weighted by Crippen LogP contribution is 2.22. The molecule has 2 rings (SSSR count). The fraction of sp³-hybridized carbons (Fsp3) is 0.700. The van der Waals surface area contributed by atoms with Gasteiger partial charge in [0.2, 0.25) is 0 Å². The molecule has 1 saturated carbocycles. The van der Waals surface area contributed by atoms with Crippen molar-refractivity contribution in [3.8, 4) is 0 Å². The van der Waals surface area contributed by atoms with Crippen LogP contribution in [0.1, 0.15) is 18.7 Å². The molecule has 78 valence electrons. The molecule has 0 aromatic carbocycles. The molecule has 4 heteroatoms. The minimum atomic E-state index is 0.483. The van der Waals surface area contributed by atoms with Crippen molar-refractivity contribution in [1.29, 1.82) is 0 Å². The van der Waals surface area contributed by atoms with Crippen LogP contribution < -0.4 is 5.32 Å². The van der Waals surface area contributed by atoms with Gasteiger partial charge in [-0.25, -0.2) is 4.98 Å². The van der Waals surface area contributed by atoms with E-state index in [4.69, 9.17) is 4.74 Å². The fourth-order valence-electron chi connectivity index (χ4n) is 1.75. The van der Waals surface area contributed by atoms with Crippen LogP contribution in [0.4, 0.5) is 0 Å². The first kappa shape index (κ1) is 9.68. The molecule has 4 nitrogen and oxygen atoms in total. The van der Waals surface area contributed by atoms with Gasteiger partial charge in [-0.3, -0.25) is 0 Å². The molecular formula is C10H17N3O. The van der Waals surface area contributed by atoms with Gasteiger partial charge in [0.05, 0.1) is 6.10 Å². The summed E-state index contributed by atoms with van der Waals surface area (Å²) in [5, 5.41) is 3.48. The van der Waals surface area contributed by atoms with E-state index in [1.807, 2.05) is 6.20 Å². The quantitative estimate of drug-likeness (QED) is 0.728. The van der Waals surface area contributed by atoms with Gasteiger partial charge in [-0.05, 0) is 12.8 Å². The summed E-state index contributed by atoms with van der Waals surface area (Å²) < 4.78 is 5.21. The van der Waals surface area contributed by atoms with Crippen molar-refractivity contribution in [2.75, 3.05) is 13.7 Å². The Morgan fingerprint density at radius 2 is 2.50 bits per heavy atom. The molecule has 1 heterocycles. The van der Waals surface area contributed by atoms with E-state index in [2.05, 4.69) is 15.3 Å². The normalized spacial score (nSPS) is 26.1. The highest BCUT2D eigenvalue weighted by Gasteiger charge is 2.27. The minimum absolute atomic E-state index is 0.483. The predicted molar refractivity (Wildman–Crippen MR) is 54.1 cm³/mol. The zero-order chi connectivity index (χ0) is 9.80. The van der Waals surface area contributed by atoms with E-state index in [9.17, 15) is 0 Å². The number of aromatic amines is 1. The molecule has 0 radical (unpaired) electrons. The van der Waals surface area contributed by atoms with E-state index in [-0.39, 0.29) is 0 Å². The van der Waals surface area contributed by atoms with Gasteiger partial charge in [0, 0.05) is 38.5 Å². The fourth-order valence-corrected chi connectivity index (χ4v) is 1.75. The SMILES string of the molecule is COC1CC(NCCc2ncc[nH]2)C1. The van der Waals surface area contributed by atoms with E-state index in [0.29, 0.717) is 12.1 Å². The number of rotatable bonds is 5. The summed E-state index contributed by atoms with van der Waals surface area (Å²) in [5.74, 6) is 1.06. The van der Waals surface area contributed by atoms with Gasteiger partial charge in [0.1, 0.15) is 5.82 Å². The predicted octanol–water partition coefficient (Wildman–Crippen LogP) is 0.719. The summed E-state index contributed by atoms with van der Waals surface area (Å²) in [6, 6.07) is 0.648. The standard InChI is InChI=1S/C10H17N3O/c1-14-9-6-8(7-9)11-3-2-10-12-4-5-13-10/h4-5,8-9,11H,2-3,6-7H2,1H3,(H,12,13). The van der Waals surface area contributed by atoms with Crippen molar-refractivity contribution in [2.24, 2.45) is 0 Å². The summed E-state index contributed by atoms with van der Waals surface area (Å²) >= 11 is 0. The van der Waals surface area contributed by atoms with Gasteiger partial charge in [-0.2, -0.15) is 0 Å². The Balaban J connectivity index is 1.56. The van der Waals surface area contributed by atoms with Gasteiger partial charge >= 0.3 is 0 Å². The first-order valence-electron chi connectivity index (χ1n) is 5.13. The van der Waals surface area contributed by atoms with Gasteiger partial charge < -0.3 is 15.0 Å². The van der Waals surface area contributed by atoms with Crippen molar-refractivity contribution in [3.63, 3.8) is 0 Å². The van der Waals surface area contributed by atoms with Crippen LogP contribution in [0.3, 0.4) is 0 Å². The number of nitrogens with zero attached hydrogens (tertiary/aromatic N) is 1. The molecule has 1 aromatic heterocycles. The van der Waals surface area contributed by atoms with Gasteiger partial charge in [0.25, 0.3) is 0 Å². The molecule has 0 bridgehead atoms. The first-order valence-corrected chi connectivity index (χ1v) is 5.13. The van der Waals surface area contributed by atoms with Crippen LogP contribution in [0.15, 0.2) is 12.4 Å². The van der Waals surface area contributed by atoms with Crippen LogP contribution in [0, 0.1) is 0 Å². The molecule has 0 aliphatic heterocycles. The van der Waals surface area contributed by atoms with Gasteiger partial charge in [-0.1, -0.05) is 0 Å². The average Bonchev–Trinajstić information content (AvgIpc) is 2.61. The first-order chi connectivity index (χ1) is 6.88. The number of H-pyrrole nitrogens is 1. The number of hydrogen-bond donors (Lipinski definition) is 2. The van der Waals surface area contributed by atoms with Crippen LogP contribution in [0.5, 0.6) is 0 Å². The van der Waals surface area contributed by atoms with E-state index in [1.165, 1.54) is 0 Å². The van der Waals surface area contributed by atoms with Crippen LogP contribution >= 0.6 is 0 Å². The summed E-state index contributed by atoms with van der Waals surface area (Å²) in [4.78, 5) is 7.26. The molecule has 0 unspecified atom stereocenters. The second-order valence-corrected chi connectivity index (χ2v) is 3.77. The third-order valence-corrected chi connectivity index (χ3v) is 2.78. The molecule has 2 N–H and O–H groups in total. The summed E-state index contributed by atoms with van der Waals surface area (Å²) in [7, 11) is 1.78. The molecule has 1 aromatic rings. The maximum Gasteiger partial charge on any atom is 0.107 e. The maximum atomic E-state index is 5.21. The van der Waals surface area contributed by atoms with Crippen LogP contribution in [0.25, 0.3) is 0 Å². The third-order valence-electron chi connectivity index (χ3n) is 2.78. The van der Waals surface area contributed by atoms with Gasteiger partial charge in [-0.15, -0.1) is 0 Å². The lowest BCUT2D eigenvalue weighted by Gasteiger charge is -2.34. The van der Waals surface area contributed by atoms with Crippen molar-refractivity contribution >= 4 is 0 Å². The number of imidazole rings is 1. The van der Waals surface area contributed by atoms with Crippen molar-refractivity contribution in [2.45, 2.75) is 31.4 Å². The summed E-state index contributed by atoms with van der Waals surface area (Å²) in [6.07, 6.45) is 7.40. The molecular weight excluding hydrogens is 178 g/mol. The monoisotopic (exact) mass is 195 g/mol. The summed E-state index contributed by atoms with van der Waals surface area (Å²) in [6.45, 7) is 0.995. The Morgan fingerprint density at radius 1 is 1.64 bits per heavy atom. The molecule has 1 fully saturated rings. The maximum absolute atomic E-state index is 5.21. The largest absolute Gasteiger partial charge is 0.381 e. The van der Waals surface area contributed by atoms with Crippen LogP contribution in [0.2, 0.25) is 0 Å². The molecule has 0 amide bonds. The molecule has 0 atom stereocenters. The summed E-state index contributed by atoms with van der Waals surface area (Å²) in [5.41, 5.74) is 0. The molecule has 14 heavy (non-hydrogen) atoms. The lowest BCUT2D eigenvalue weighted by atomic mass is 9.89. The Morgan fingerprint density at radius 3 is 3.14 bits per heavy atom. The Hall–Kier alpha value is -0.870. The number of ether oxygens (including phenoxy) is 1. The number of hydrogen-bond acceptors (Lipinski definition) is 3. The van der Waals surface area contributed by atoms with Crippen molar-refractivity contribution in [1.82, 2.24) is 15.3 Å². The lowest BCUT2D eigenvalue weighted by Crippen LogP contribution is -2.45. The van der Waals surface area contributed by atoms with E-state index < -0.39 is 0 Å². The van der Waals surface area contributed by atoms with E-state index >= 15 is 0 Å². The van der Waals surface area contributed by atoms with Crippen LogP contribution in [-0.2, 0) is 11.2 Å². The van der Waals surface area contributed by atoms with Crippen LogP contribution in [-0.4, -0.2) is 35.8 Å². The van der Waals surface area contributed by atoms with Crippen molar-refractivity contribution < 1.29 is 4.74 Å². The zero-order valence-corrected chi connectivity index (χ0v) is 8.49. The van der Waals surface area contributed by atoms with E-state index in [1.54, 1.807) is 13.3 Å². The third kappa shape index (κ3) is 2.33. The second-order valence-electron chi connectivity index (χ2n) is 3.77. The minimum Gasteiger partial charge on any atom is -0.381 e. The topological polar surface area (TPSA) is 49.9 Å². The molecule has 1 aliphatic carbocycles. The zero-order valence-electron chi connectivity index (χ0n) is 8.49. The number of methoxy groups -OCH3 is 1. The Bertz CT molecular complexity index is 254. The second kappa shape index (κ2) is 4.57. The average molecular weight is 195 g/mol. The Labute approximate surface area is 84.1 Å². The van der Waals surface area contributed by atoms with Gasteiger partial charge in [0.15, 0.2) is 0 Å². The Kier molecular flexibility index (Phi) is 3.16. The van der Waals surface area contributed by atoms with E-state index in [0.717, 1.165) is 31.6 Å². The molecule has 0 saturated heterocycles. The smallest absolute Gasteiger partial charge is 0.107 e. The molecule has 1 aliphatic rings. The highest BCUT2D eigenvalue weighted by atomic mass is 16.5. The lowest BCUT2D eigenvalue weighted by molar-refractivity contribution is 0.0177. The number of nitrogens with one attached hydrogen (secondary N) is 2. The van der Waals surface area contributed by atoms with Crippen molar-refractivity contribution in [3.05, 3.63) is 18.2 Å². The number of aromatic nitrogens is 2. The highest BCUT2D eigenvalue weighted by molar-refractivity contribution is 4.90.